The molecule has 0 heterocycles. The lowest BCUT2D eigenvalue weighted by atomic mass is 10.0. The Hall–Kier alpha value is -1.22. The van der Waals surface area contributed by atoms with Crippen molar-refractivity contribution in [2.24, 2.45) is 0 Å². The summed E-state index contributed by atoms with van der Waals surface area (Å²) >= 11 is 1.63. The van der Waals surface area contributed by atoms with Crippen LogP contribution in [0.15, 0.2) is 29.7 Å². The molecule has 0 aliphatic rings. The van der Waals surface area contributed by atoms with Gasteiger partial charge in [-0.3, -0.25) is 0 Å². The van der Waals surface area contributed by atoms with Gasteiger partial charge in [-0.05, 0) is 42.9 Å². The quantitative estimate of drug-likeness (QED) is 0.517. The highest BCUT2D eigenvalue weighted by Crippen LogP contribution is 2.29. The molecule has 0 saturated carbocycles. The summed E-state index contributed by atoms with van der Waals surface area (Å²) in [5.74, 6) is -0.263. The van der Waals surface area contributed by atoms with E-state index in [4.69, 9.17) is 4.74 Å². The molecule has 0 spiro atoms. The van der Waals surface area contributed by atoms with Crippen LogP contribution in [0.1, 0.15) is 56.5 Å². The normalized spacial score (nSPS) is 9.45. The first kappa shape index (κ1) is 18.8. The predicted molar refractivity (Wildman–Crippen MR) is 89.5 cm³/mol. The van der Waals surface area contributed by atoms with Gasteiger partial charge in [0.25, 0.3) is 0 Å². The minimum absolute atomic E-state index is 0.263. The Morgan fingerprint density at radius 1 is 1.30 bits per heavy atom. The standard InChI is InChI=1S/C15H20O2S.C2H6/c1-5-7-11(3)13-9-8-12(10-14(13)18-4)15(16)17-6-2;1-2/h8-10H,3,5-7H2,1-2,4H3;1-2H3. The maximum absolute atomic E-state index is 11.7. The molecule has 2 nitrogen and oxygen atoms in total. The summed E-state index contributed by atoms with van der Waals surface area (Å²) in [6.07, 6.45) is 4.06. The SMILES string of the molecule is C=C(CCC)c1ccc(C(=O)OCC)cc1SC.CC. The van der Waals surface area contributed by atoms with Gasteiger partial charge >= 0.3 is 5.97 Å². The molecule has 1 aromatic carbocycles. The van der Waals surface area contributed by atoms with Crippen LogP contribution in [-0.2, 0) is 4.74 Å². The molecule has 20 heavy (non-hydrogen) atoms. The number of carbonyl (C=O) groups is 1. The van der Waals surface area contributed by atoms with Crippen molar-refractivity contribution in [1.82, 2.24) is 0 Å². The average Bonchev–Trinajstić information content (AvgIpc) is 2.49. The molecule has 0 aliphatic carbocycles. The van der Waals surface area contributed by atoms with Gasteiger partial charge in [0.2, 0.25) is 0 Å². The first-order chi connectivity index (χ1) is 9.63. The van der Waals surface area contributed by atoms with Crippen molar-refractivity contribution in [1.29, 1.82) is 0 Å². The lowest BCUT2D eigenvalue weighted by Gasteiger charge is -2.11. The number of ether oxygens (including phenoxy) is 1. The van der Waals surface area contributed by atoms with E-state index >= 15 is 0 Å². The van der Waals surface area contributed by atoms with Gasteiger partial charge in [-0.1, -0.05) is 39.8 Å². The number of allylic oxidation sites excluding steroid dienone is 1. The molecule has 0 aromatic heterocycles. The molecule has 0 radical (unpaired) electrons. The third-order valence-electron chi connectivity index (χ3n) is 2.65. The molecule has 0 aliphatic heterocycles. The van der Waals surface area contributed by atoms with Crippen LogP contribution in [0.2, 0.25) is 0 Å². The first-order valence-electron chi connectivity index (χ1n) is 7.17. The number of hydrogen-bond acceptors (Lipinski definition) is 3. The van der Waals surface area contributed by atoms with E-state index in [9.17, 15) is 4.79 Å². The second-order valence-electron chi connectivity index (χ2n) is 3.99. The van der Waals surface area contributed by atoms with E-state index in [1.54, 1.807) is 11.8 Å². The topological polar surface area (TPSA) is 26.3 Å². The van der Waals surface area contributed by atoms with Crippen LogP contribution in [-0.4, -0.2) is 18.8 Å². The summed E-state index contributed by atoms with van der Waals surface area (Å²) < 4.78 is 5.00. The molecule has 0 N–H and O–H groups in total. The average molecular weight is 294 g/mol. The molecule has 0 bridgehead atoms. The second-order valence-corrected chi connectivity index (χ2v) is 4.84. The number of hydrogen-bond donors (Lipinski definition) is 0. The van der Waals surface area contributed by atoms with Gasteiger partial charge in [0.1, 0.15) is 0 Å². The number of thioether (sulfide) groups is 1. The van der Waals surface area contributed by atoms with Crippen molar-refractivity contribution >= 4 is 23.3 Å². The number of carbonyl (C=O) groups excluding carboxylic acids is 1. The van der Waals surface area contributed by atoms with Crippen molar-refractivity contribution in [3.05, 3.63) is 35.9 Å². The molecule has 0 atom stereocenters. The second kappa shape index (κ2) is 10.6. The minimum Gasteiger partial charge on any atom is -0.462 e. The highest BCUT2D eigenvalue weighted by Gasteiger charge is 2.11. The Bertz CT molecular complexity index is 439. The van der Waals surface area contributed by atoms with Crippen LogP contribution in [0.5, 0.6) is 0 Å². The van der Waals surface area contributed by atoms with Crippen LogP contribution in [0.3, 0.4) is 0 Å². The predicted octanol–water partition coefficient (Wildman–Crippen LogP) is 5.42. The zero-order chi connectivity index (χ0) is 15.5. The third-order valence-corrected chi connectivity index (χ3v) is 3.42. The van der Waals surface area contributed by atoms with Gasteiger partial charge in [-0.25, -0.2) is 4.79 Å². The van der Waals surface area contributed by atoms with Crippen LogP contribution in [0.4, 0.5) is 0 Å². The molecule has 1 rings (SSSR count). The van der Waals surface area contributed by atoms with Gasteiger partial charge < -0.3 is 4.74 Å². The van der Waals surface area contributed by atoms with E-state index in [2.05, 4.69) is 13.5 Å². The van der Waals surface area contributed by atoms with Crippen LogP contribution >= 0.6 is 11.8 Å². The largest absolute Gasteiger partial charge is 0.462 e. The van der Waals surface area contributed by atoms with Crippen molar-refractivity contribution < 1.29 is 9.53 Å². The molecule has 0 amide bonds. The van der Waals surface area contributed by atoms with Gasteiger partial charge in [0, 0.05) is 4.90 Å². The molecule has 0 unspecified atom stereocenters. The zero-order valence-corrected chi connectivity index (χ0v) is 14.1. The van der Waals surface area contributed by atoms with Gasteiger partial charge in [-0.15, -0.1) is 11.8 Å². The molecular weight excluding hydrogens is 268 g/mol. The fourth-order valence-electron chi connectivity index (χ4n) is 1.76. The Morgan fingerprint density at radius 3 is 2.45 bits per heavy atom. The van der Waals surface area contributed by atoms with E-state index in [-0.39, 0.29) is 5.97 Å². The number of esters is 1. The van der Waals surface area contributed by atoms with Crippen molar-refractivity contribution in [3.63, 3.8) is 0 Å². The summed E-state index contributed by atoms with van der Waals surface area (Å²) in [6, 6.07) is 5.67. The Labute approximate surface area is 127 Å². The van der Waals surface area contributed by atoms with E-state index in [1.807, 2.05) is 45.2 Å². The monoisotopic (exact) mass is 294 g/mol. The molecule has 3 heteroatoms. The van der Waals surface area contributed by atoms with Crippen molar-refractivity contribution in [3.8, 4) is 0 Å². The van der Waals surface area contributed by atoms with E-state index in [1.165, 1.54) is 0 Å². The molecule has 112 valence electrons. The third kappa shape index (κ3) is 5.41. The molecule has 0 saturated heterocycles. The fourth-order valence-corrected chi connectivity index (χ4v) is 2.44. The molecule has 1 aromatic rings. The maximum atomic E-state index is 11.7. The number of rotatable bonds is 6. The van der Waals surface area contributed by atoms with Gasteiger partial charge in [-0.2, -0.15) is 0 Å². The fraction of sp³-hybridized carbons (Fsp3) is 0.471. The summed E-state index contributed by atoms with van der Waals surface area (Å²) in [5, 5.41) is 0. The Morgan fingerprint density at radius 2 is 1.95 bits per heavy atom. The highest BCUT2D eigenvalue weighted by atomic mass is 32.2. The van der Waals surface area contributed by atoms with E-state index < -0.39 is 0 Å². The minimum atomic E-state index is -0.263. The Kier molecular flexibility index (Phi) is 9.91. The molecule has 0 fully saturated rings. The van der Waals surface area contributed by atoms with Crippen LogP contribution in [0.25, 0.3) is 5.57 Å². The van der Waals surface area contributed by atoms with Crippen LogP contribution < -0.4 is 0 Å². The molecular formula is C17H26O2S. The summed E-state index contributed by atoms with van der Waals surface area (Å²) in [5.41, 5.74) is 2.86. The summed E-state index contributed by atoms with van der Waals surface area (Å²) in [7, 11) is 0. The van der Waals surface area contributed by atoms with Crippen molar-refractivity contribution in [2.45, 2.75) is 45.4 Å². The van der Waals surface area contributed by atoms with Gasteiger partial charge in [0.05, 0.1) is 12.2 Å². The van der Waals surface area contributed by atoms with Gasteiger partial charge in [0.15, 0.2) is 0 Å². The highest BCUT2D eigenvalue weighted by molar-refractivity contribution is 7.98. The smallest absolute Gasteiger partial charge is 0.338 e. The van der Waals surface area contributed by atoms with E-state index in [0.29, 0.717) is 12.2 Å². The maximum Gasteiger partial charge on any atom is 0.338 e. The lowest BCUT2D eigenvalue weighted by molar-refractivity contribution is 0.0526. The summed E-state index contributed by atoms with van der Waals surface area (Å²) in [4.78, 5) is 12.7. The Balaban J connectivity index is 0.00000172. The van der Waals surface area contributed by atoms with E-state index in [0.717, 1.165) is 28.9 Å². The van der Waals surface area contributed by atoms with Crippen LogP contribution in [0, 0.1) is 0 Å². The zero-order valence-electron chi connectivity index (χ0n) is 13.3. The lowest BCUT2D eigenvalue weighted by Crippen LogP contribution is -2.05. The summed E-state index contributed by atoms with van der Waals surface area (Å²) in [6.45, 7) is 12.5. The number of benzene rings is 1. The first-order valence-corrected chi connectivity index (χ1v) is 8.39. The van der Waals surface area contributed by atoms with Crippen molar-refractivity contribution in [2.75, 3.05) is 12.9 Å².